The van der Waals surface area contributed by atoms with E-state index in [1.54, 1.807) is 0 Å². The molecular formula is C16H21NO3S. The van der Waals surface area contributed by atoms with Crippen LogP contribution >= 0.6 is 12.2 Å². The van der Waals surface area contributed by atoms with E-state index in [1.807, 2.05) is 24.3 Å². The quantitative estimate of drug-likeness (QED) is 0.865. The van der Waals surface area contributed by atoms with Crippen molar-refractivity contribution in [3.63, 3.8) is 0 Å². The molecule has 4 nitrogen and oxygen atoms in total. The van der Waals surface area contributed by atoms with Crippen LogP contribution in [-0.2, 0) is 15.9 Å². The van der Waals surface area contributed by atoms with Crippen molar-refractivity contribution < 1.29 is 14.2 Å². The van der Waals surface area contributed by atoms with Crippen molar-refractivity contribution in [1.29, 1.82) is 0 Å². The molecule has 2 heterocycles. The summed E-state index contributed by atoms with van der Waals surface area (Å²) in [7, 11) is 0. The first kappa shape index (κ1) is 14.8. The summed E-state index contributed by atoms with van der Waals surface area (Å²) in [5.41, 5.74) is 6.55. The van der Waals surface area contributed by atoms with Crippen LogP contribution in [0.5, 0.6) is 5.75 Å². The molecule has 0 bridgehead atoms. The molecule has 0 aliphatic carbocycles. The molecule has 2 atom stereocenters. The van der Waals surface area contributed by atoms with Gasteiger partial charge in [0.25, 0.3) is 0 Å². The lowest BCUT2D eigenvalue weighted by Crippen LogP contribution is -2.44. The highest BCUT2D eigenvalue weighted by molar-refractivity contribution is 7.80. The Balaban J connectivity index is 1.59. The smallest absolute Gasteiger partial charge is 0.119 e. The Kier molecular flexibility index (Phi) is 4.42. The summed E-state index contributed by atoms with van der Waals surface area (Å²) in [4.78, 5) is 0.510. The largest absolute Gasteiger partial charge is 0.490 e. The first-order chi connectivity index (χ1) is 10.2. The molecular weight excluding hydrogens is 286 g/mol. The van der Waals surface area contributed by atoms with Crippen molar-refractivity contribution in [3.8, 4) is 5.75 Å². The van der Waals surface area contributed by atoms with Crippen LogP contribution in [0.1, 0.15) is 24.8 Å². The number of ether oxygens (including phenoxy) is 3. The molecule has 2 unspecified atom stereocenters. The van der Waals surface area contributed by atoms with Gasteiger partial charge in [0.1, 0.15) is 11.9 Å². The third-order valence-electron chi connectivity index (χ3n) is 4.12. The van der Waals surface area contributed by atoms with Crippen molar-refractivity contribution in [2.45, 2.75) is 37.4 Å². The molecule has 1 aromatic carbocycles. The van der Waals surface area contributed by atoms with Gasteiger partial charge in [-0.2, -0.15) is 0 Å². The second kappa shape index (κ2) is 6.30. The highest BCUT2D eigenvalue weighted by Gasteiger charge is 2.41. The molecule has 114 valence electrons. The minimum absolute atomic E-state index is 0.116. The standard InChI is InChI=1S/C16H21NO3S/c17-15(21)9-12-1-3-13(4-2-12)20-14-5-7-19-16(10-14)6-8-18-11-16/h1-4,14H,5-11H2,(H2,17,21). The zero-order chi connectivity index (χ0) is 14.7. The Labute approximate surface area is 130 Å². The lowest BCUT2D eigenvalue weighted by Gasteiger charge is -2.37. The lowest BCUT2D eigenvalue weighted by atomic mass is 9.91. The van der Waals surface area contributed by atoms with Crippen LogP contribution in [-0.4, -0.2) is 36.5 Å². The molecule has 1 spiro atoms. The third-order valence-corrected chi connectivity index (χ3v) is 4.26. The average Bonchev–Trinajstić information content (AvgIpc) is 2.88. The highest BCUT2D eigenvalue weighted by Crippen LogP contribution is 2.34. The van der Waals surface area contributed by atoms with E-state index in [-0.39, 0.29) is 11.7 Å². The van der Waals surface area contributed by atoms with Gasteiger partial charge in [0, 0.05) is 32.3 Å². The Bertz CT molecular complexity index is 497. The average molecular weight is 307 g/mol. The van der Waals surface area contributed by atoms with E-state index in [4.69, 9.17) is 32.2 Å². The maximum absolute atomic E-state index is 6.10. The van der Waals surface area contributed by atoms with E-state index in [0.717, 1.165) is 43.8 Å². The second-order valence-corrected chi connectivity index (χ2v) is 6.38. The summed E-state index contributed by atoms with van der Waals surface area (Å²) >= 11 is 4.92. The molecule has 5 heteroatoms. The maximum Gasteiger partial charge on any atom is 0.119 e. The second-order valence-electron chi connectivity index (χ2n) is 5.85. The summed E-state index contributed by atoms with van der Waals surface area (Å²) < 4.78 is 17.5. The molecule has 0 amide bonds. The minimum atomic E-state index is -0.116. The van der Waals surface area contributed by atoms with Crippen LogP contribution < -0.4 is 10.5 Å². The van der Waals surface area contributed by atoms with Crippen LogP contribution in [0, 0.1) is 0 Å². The van der Waals surface area contributed by atoms with Crippen LogP contribution in [0.15, 0.2) is 24.3 Å². The fourth-order valence-corrected chi connectivity index (χ4v) is 3.19. The molecule has 1 aromatic rings. The number of hydrogen-bond donors (Lipinski definition) is 1. The summed E-state index contributed by atoms with van der Waals surface area (Å²) in [6.07, 6.45) is 3.63. The molecule has 2 fully saturated rings. The predicted molar refractivity (Wildman–Crippen MR) is 84.7 cm³/mol. The summed E-state index contributed by atoms with van der Waals surface area (Å²) in [6, 6.07) is 8.01. The number of hydrogen-bond acceptors (Lipinski definition) is 4. The first-order valence-electron chi connectivity index (χ1n) is 7.41. The fraction of sp³-hybridized carbons (Fsp3) is 0.562. The molecule has 2 aliphatic rings. The SMILES string of the molecule is NC(=S)Cc1ccc(OC2CCOC3(CCOC3)C2)cc1. The van der Waals surface area contributed by atoms with Gasteiger partial charge >= 0.3 is 0 Å². The minimum Gasteiger partial charge on any atom is -0.490 e. The zero-order valence-electron chi connectivity index (χ0n) is 12.0. The van der Waals surface area contributed by atoms with E-state index in [2.05, 4.69) is 0 Å². The molecule has 0 radical (unpaired) electrons. The van der Waals surface area contributed by atoms with Crippen molar-refractivity contribution in [1.82, 2.24) is 0 Å². The molecule has 2 aliphatic heterocycles. The number of thiocarbonyl (C=S) groups is 1. The molecule has 2 N–H and O–H groups in total. The van der Waals surface area contributed by atoms with Gasteiger partial charge < -0.3 is 19.9 Å². The number of benzene rings is 1. The van der Waals surface area contributed by atoms with Crippen LogP contribution in [0.2, 0.25) is 0 Å². The third kappa shape index (κ3) is 3.73. The normalized spacial score (nSPS) is 28.7. The zero-order valence-corrected chi connectivity index (χ0v) is 12.9. The monoisotopic (exact) mass is 307 g/mol. The highest BCUT2D eigenvalue weighted by atomic mass is 32.1. The van der Waals surface area contributed by atoms with Gasteiger partial charge in [0.2, 0.25) is 0 Å². The predicted octanol–water partition coefficient (Wildman–Crippen LogP) is 2.23. The lowest BCUT2D eigenvalue weighted by molar-refractivity contribution is -0.112. The van der Waals surface area contributed by atoms with Gasteiger partial charge in [-0.05, 0) is 17.7 Å². The van der Waals surface area contributed by atoms with E-state index in [1.165, 1.54) is 0 Å². The molecule has 0 saturated carbocycles. The van der Waals surface area contributed by atoms with Gasteiger partial charge in [0.15, 0.2) is 0 Å². The van der Waals surface area contributed by atoms with Crippen molar-refractivity contribution in [2.75, 3.05) is 19.8 Å². The van der Waals surface area contributed by atoms with E-state index in [9.17, 15) is 0 Å². The van der Waals surface area contributed by atoms with E-state index < -0.39 is 0 Å². The van der Waals surface area contributed by atoms with Gasteiger partial charge in [-0.3, -0.25) is 0 Å². The molecule has 21 heavy (non-hydrogen) atoms. The summed E-state index contributed by atoms with van der Waals surface area (Å²) in [5, 5.41) is 0. The Hall–Kier alpha value is -1.17. The van der Waals surface area contributed by atoms with Crippen LogP contribution in [0.3, 0.4) is 0 Å². The van der Waals surface area contributed by atoms with Crippen molar-refractivity contribution in [3.05, 3.63) is 29.8 Å². The van der Waals surface area contributed by atoms with Gasteiger partial charge in [0.05, 0.1) is 23.8 Å². The van der Waals surface area contributed by atoms with Crippen LogP contribution in [0.25, 0.3) is 0 Å². The fourth-order valence-electron chi connectivity index (χ4n) is 3.03. The summed E-state index contributed by atoms with van der Waals surface area (Å²) in [6.45, 7) is 2.23. The molecule has 2 saturated heterocycles. The van der Waals surface area contributed by atoms with Gasteiger partial charge in [-0.15, -0.1) is 0 Å². The summed E-state index contributed by atoms with van der Waals surface area (Å²) in [5.74, 6) is 0.891. The Morgan fingerprint density at radius 3 is 2.81 bits per heavy atom. The van der Waals surface area contributed by atoms with E-state index >= 15 is 0 Å². The van der Waals surface area contributed by atoms with Gasteiger partial charge in [-0.25, -0.2) is 0 Å². The molecule has 3 rings (SSSR count). The Morgan fingerprint density at radius 2 is 2.14 bits per heavy atom. The van der Waals surface area contributed by atoms with E-state index in [0.29, 0.717) is 18.0 Å². The topological polar surface area (TPSA) is 53.7 Å². The Morgan fingerprint density at radius 1 is 1.33 bits per heavy atom. The van der Waals surface area contributed by atoms with Crippen molar-refractivity contribution >= 4 is 17.2 Å². The van der Waals surface area contributed by atoms with Gasteiger partial charge in [-0.1, -0.05) is 24.4 Å². The van der Waals surface area contributed by atoms with Crippen LogP contribution in [0.4, 0.5) is 0 Å². The molecule has 0 aromatic heterocycles. The number of nitrogens with two attached hydrogens (primary N) is 1. The number of rotatable bonds is 4. The maximum atomic E-state index is 6.10. The first-order valence-corrected chi connectivity index (χ1v) is 7.82. The van der Waals surface area contributed by atoms with Crippen molar-refractivity contribution in [2.24, 2.45) is 5.73 Å².